The summed E-state index contributed by atoms with van der Waals surface area (Å²) in [5.74, 6) is 0.964. The summed E-state index contributed by atoms with van der Waals surface area (Å²) in [7, 11) is 0. The molecule has 0 atom stereocenters. The second-order valence-electron chi connectivity index (χ2n) is 5.81. The Morgan fingerprint density at radius 2 is 1.83 bits per heavy atom. The van der Waals surface area contributed by atoms with E-state index in [4.69, 9.17) is 0 Å². The zero-order chi connectivity index (χ0) is 13.6. The summed E-state index contributed by atoms with van der Waals surface area (Å²) in [5, 5.41) is 13.4. The standard InChI is InChI=1S/C15H29NO2/c1-4-12-7-9-15(18,10-8-12)11-16-14(17)13(5-2)6-3/h12-13,18H,4-11H2,1-3H3,(H,16,17). The third kappa shape index (κ3) is 4.27. The van der Waals surface area contributed by atoms with Crippen LogP contribution in [0.15, 0.2) is 0 Å². The molecule has 0 aromatic rings. The molecular formula is C15H29NO2. The first kappa shape index (κ1) is 15.5. The molecule has 1 rings (SSSR count). The van der Waals surface area contributed by atoms with Crippen LogP contribution in [0.25, 0.3) is 0 Å². The van der Waals surface area contributed by atoms with E-state index in [2.05, 4.69) is 12.2 Å². The van der Waals surface area contributed by atoms with Gasteiger partial charge in [0.05, 0.1) is 5.60 Å². The van der Waals surface area contributed by atoms with Crippen LogP contribution < -0.4 is 5.32 Å². The maximum atomic E-state index is 11.9. The van der Waals surface area contributed by atoms with Gasteiger partial charge in [-0.25, -0.2) is 0 Å². The number of amides is 1. The lowest BCUT2D eigenvalue weighted by Gasteiger charge is -2.36. The summed E-state index contributed by atoms with van der Waals surface area (Å²) >= 11 is 0. The third-order valence-corrected chi connectivity index (χ3v) is 4.56. The lowest BCUT2D eigenvalue weighted by molar-refractivity contribution is -0.127. The molecule has 18 heavy (non-hydrogen) atoms. The van der Waals surface area contributed by atoms with Crippen LogP contribution in [0.4, 0.5) is 0 Å². The summed E-state index contributed by atoms with van der Waals surface area (Å²) in [6.07, 6.45) is 6.79. The van der Waals surface area contributed by atoms with Crippen molar-refractivity contribution < 1.29 is 9.90 Å². The Kier molecular flexibility index (Phi) is 6.13. The average molecular weight is 255 g/mol. The van der Waals surface area contributed by atoms with Crippen LogP contribution in [0.1, 0.15) is 65.7 Å². The van der Waals surface area contributed by atoms with Crippen molar-refractivity contribution in [2.45, 2.75) is 71.3 Å². The van der Waals surface area contributed by atoms with Gasteiger partial charge in [-0.3, -0.25) is 4.79 Å². The first-order valence-electron chi connectivity index (χ1n) is 7.54. The summed E-state index contributed by atoms with van der Waals surface area (Å²) in [4.78, 5) is 11.9. The van der Waals surface area contributed by atoms with Crippen molar-refractivity contribution in [2.24, 2.45) is 11.8 Å². The van der Waals surface area contributed by atoms with Crippen LogP contribution in [0.5, 0.6) is 0 Å². The summed E-state index contributed by atoms with van der Waals surface area (Å²) in [5.41, 5.74) is -0.659. The Morgan fingerprint density at radius 1 is 1.28 bits per heavy atom. The molecule has 3 nitrogen and oxygen atoms in total. The Morgan fingerprint density at radius 3 is 2.28 bits per heavy atom. The van der Waals surface area contributed by atoms with Crippen LogP contribution in [-0.2, 0) is 4.79 Å². The monoisotopic (exact) mass is 255 g/mol. The fourth-order valence-electron chi connectivity index (χ4n) is 2.86. The van der Waals surface area contributed by atoms with Crippen molar-refractivity contribution in [3.8, 4) is 0 Å². The number of carbonyl (C=O) groups is 1. The molecule has 0 unspecified atom stereocenters. The van der Waals surface area contributed by atoms with Crippen molar-refractivity contribution >= 4 is 5.91 Å². The SMILES string of the molecule is CCC1CCC(O)(CNC(=O)C(CC)CC)CC1. The van der Waals surface area contributed by atoms with E-state index >= 15 is 0 Å². The van der Waals surface area contributed by atoms with E-state index in [0.717, 1.165) is 44.4 Å². The minimum absolute atomic E-state index is 0.0978. The Hall–Kier alpha value is -0.570. The first-order valence-corrected chi connectivity index (χ1v) is 7.54. The average Bonchev–Trinajstić information content (AvgIpc) is 2.39. The van der Waals surface area contributed by atoms with E-state index in [9.17, 15) is 9.90 Å². The highest BCUT2D eigenvalue weighted by Gasteiger charge is 2.33. The Balaban J connectivity index is 2.36. The van der Waals surface area contributed by atoms with Gasteiger partial charge in [0, 0.05) is 12.5 Å². The van der Waals surface area contributed by atoms with E-state index in [1.165, 1.54) is 6.42 Å². The topological polar surface area (TPSA) is 49.3 Å². The maximum Gasteiger partial charge on any atom is 0.223 e. The number of nitrogens with one attached hydrogen (secondary N) is 1. The maximum absolute atomic E-state index is 11.9. The molecule has 0 aliphatic heterocycles. The van der Waals surface area contributed by atoms with Gasteiger partial charge < -0.3 is 10.4 Å². The predicted octanol–water partition coefficient (Wildman–Crippen LogP) is 2.87. The number of carbonyl (C=O) groups excluding carboxylic acids is 1. The van der Waals surface area contributed by atoms with Crippen LogP contribution >= 0.6 is 0 Å². The van der Waals surface area contributed by atoms with Crippen molar-refractivity contribution in [1.82, 2.24) is 5.32 Å². The van der Waals surface area contributed by atoms with Gasteiger partial charge in [-0.1, -0.05) is 27.2 Å². The van der Waals surface area contributed by atoms with Crippen LogP contribution in [0.3, 0.4) is 0 Å². The molecule has 1 aliphatic rings. The molecule has 0 radical (unpaired) electrons. The lowest BCUT2D eigenvalue weighted by Crippen LogP contribution is -2.46. The number of aliphatic hydroxyl groups is 1. The van der Waals surface area contributed by atoms with Gasteiger partial charge in [-0.2, -0.15) is 0 Å². The molecule has 1 aliphatic carbocycles. The van der Waals surface area contributed by atoms with Crippen molar-refractivity contribution in [2.75, 3.05) is 6.54 Å². The highest BCUT2D eigenvalue weighted by atomic mass is 16.3. The lowest BCUT2D eigenvalue weighted by atomic mass is 9.78. The second-order valence-corrected chi connectivity index (χ2v) is 5.81. The first-order chi connectivity index (χ1) is 8.54. The molecule has 0 heterocycles. The summed E-state index contributed by atoms with van der Waals surface area (Å²) < 4.78 is 0. The van der Waals surface area contributed by atoms with E-state index in [-0.39, 0.29) is 11.8 Å². The van der Waals surface area contributed by atoms with Crippen molar-refractivity contribution in [3.05, 3.63) is 0 Å². The molecule has 3 heteroatoms. The molecule has 1 amide bonds. The van der Waals surface area contributed by atoms with Crippen LogP contribution in [0.2, 0.25) is 0 Å². The smallest absolute Gasteiger partial charge is 0.223 e. The molecule has 0 saturated heterocycles. The highest BCUT2D eigenvalue weighted by Crippen LogP contribution is 2.33. The largest absolute Gasteiger partial charge is 0.388 e. The number of hydrogen-bond donors (Lipinski definition) is 2. The fraction of sp³-hybridized carbons (Fsp3) is 0.933. The molecule has 1 saturated carbocycles. The summed E-state index contributed by atoms with van der Waals surface area (Å²) in [6, 6.07) is 0. The van der Waals surface area contributed by atoms with E-state index in [1.54, 1.807) is 0 Å². The molecule has 0 aromatic carbocycles. The highest BCUT2D eigenvalue weighted by molar-refractivity contribution is 5.78. The number of rotatable bonds is 6. The van der Waals surface area contributed by atoms with E-state index < -0.39 is 5.60 Å². The van der Waals surface area contributed by atoms with Gasteiger partial charge >= 0.3 is 0 Å². The van der Waals surface area contributed by atoms with E-state index in [0.29, 0.717) is 6.54 Å². The van der Waals surface area contributed by atoms with Gasteiger partial charge in [0.1, 0.15) is 0 Å². The molecule has 1 fully saturated rings. The zero-order valence-electron chi connectivity index (χ0n) is 12.2. The number of hydrogen-bond acceptors (Lipinski definition) is 2. The van der Waals surface area contributed by atoms with Gasteiger partial charge in [0.25, 0.3) is 0 Å². The Bertz CT molecular complexity index is 253. The molecular weight excluding hydrogens is 226 g/mol. The predicted molar refractivity (Wildman–Crippen MR) is 74.3 cm³/mol. The van der Waals surface area contributed by atoms with Crippen molar-refractivity contribution in [3.63, 3.8) is 0 Å². The molecule has 106 valence electrons. The Labute approximate surface area is 111 Å². The minimum Gasteiger partial charge on any atom is -0.388 e. The van der Waals surface area contributed by atoms with Gasteiger partial charge in [0.15, 0.2) is 0 Å². The van der Waals surface area contributed by atoms with Gasteiger partial charge in [0.2, 0.25) is 5.91 Å². The second kappa shape index (κ2) is 7.13. The molecule has 0 spiro atoms. The van der Waals surface area contributed by atoms with Crippen LogP contribution in [0, 0.1) is 11.8 Å². The fourth-order valence-corrected chi connectivity index (χ4v) is 2.86. The molecule has 0 aromatic heterocycles. The minimum atomic E-state index is -0.659. The van der Waals surface area contributed by atoms with Gasteiger partial charge in [-0.05, 0) is 44.4 Å². The van der Waals surface area contributed by atoms with Gasteiger partial charge in [-0.15, -0.1) is 0 Å². The molecule has 2 N–H and O–H groups in total. The zero-order valence-corrected chi connectivity index (χ0v) is 12.2. The summed E-state index contributed by atoms with van der Waals surface area (Å²) in [6.45, 7) is 6.71. The van der Waals surface area contributed by atoms with Crippen LogP contribution in [-0.4, -0.2) is 23.2 Å². The molecule has 0 bridgehead atoms. The van der Waals surface area contributed by atoms with Crippen molar-refractivity contribution in [1.29, 1.82) is 0 Å². The normalized spacial score (nSPS) is 28.4. The third-order valence-electron chi connectivity index (χ3n) is 4.56. The van der Waals surface area contributed by atoms with E-state index in [1.807, 2.05) is 13.8 Å². The quantitative estimate of drug-likeness (QED) is 0.766.